The van der Waals surface area contributed by atoms with Crippen molar-refractivity contribution in [1.29, 1.82) is 0 Å². The van der Waals surface area contributed by atoms with E-state index in [1.807, 2.05) is 38.1 Å². The summed E-state index contributed by atoms with van der Waals surface area (Å²) < 4.78 is 6.75. The van der Waals surface area contributed by atoms with E-state index in [0.717, 1.165) is 18.4 Å². The number of amides is 1. The standard InChI is InChI=1S/C22H24N4O3/c1-3-18(20(27)23-13-15-8-6-14(2)7-9-15)26-12-4-5-17(22(26)28)21-24-19(25-29-21)16-10-11-16/h4-9,12,16,18H,3,10-11,13H2,1-2H3,(H,23,27)/t18-/m1/s1. The van der Waals surface area contributed by atoms with E-state index in [4.69, 9.17) is 4.52 Å². The van der Waals surface area contributed by atoms with Crippen LogP contribution >= 0.6 is 0 Å². The van der Waals surface area contributed by atoms with E-state index in [-0.39, 0.29) is 17.4 Å². The fourth-order valence-corrected chi connectivity index (χ4v) is 3.29. The summed E-state index contributed by atoms with van der Waals surface area (Å²) in [5.41, 5.74) is 2.19. The normalized spacial score (nSPS) is 14.6. The molecule has 7 heteroatoms. The molecule has 0 unspecified atom stereocenters. The van der Waals surface area contributed by atoms with Crippen LogP contribution in [0.15, 0.2) is 51.9 Å². The molecule has 3 aromatic rings. The van der Waals surface area contributed by atoms with Gasteiger partial charge in [0, 0.05) is 18.7 Å². The minimum atomic E-state index is -0.612. The minimum absolute atomic E-state index is 0.198. The third kappa shape index (κ3) is 4.13. The van der Waals surface area contributed by atoms with Crippen LogP contribution in [0.3, 0.4) is 0 Å². The molecule has 7 nitrogen and oxygen atoms in total. The third-order valence-electron chi connectivity index (χ3n) is 5.20. The number of carbonyl (C=O) groups excluding carboxylic acids is 1. The van der Waals surface area contributed by atoms with Gasteiger partial charge in [0.25, 0.3) is 11.4 Å². The predicted octanol–water partition coefficient (Wildman–Crippen LogP) is 3.35. The van der Waals surface area contributed by atoms with Crippen molar-refractivity contribution >= 4 is 5.91 Å². The quantitative estimate of drug-likeness (QED) is 0.666. The number of aryl methyl sites for hydroxylation is 1. The van der Waals surface area contributed by atoms with Crippen molar-refractivity contribution in [3.05, 3.63) is 69.9 Å². The van der Waals surface area contributed by atoms with E-state index in [1.54, 1.807) is 18.3 Å². The van der Waals surface area contributed by atoms with Crippen LogP contribution < -0.4 is 10.9 Å². The summed E-state index contributed by atoms with van der Waals surface area (Å²) in [5, 5.41) is 6.91. The van der Waals surface area contributed by atoms with Gasteiger partial charge in [-0.05, 0) is 43.9 Å². The van der Waals surface area contributed by atoms with Crippen molar-refractivity contribution in [2.45, 2.75) is 51.6 Å². The van der Waals surface area contributed by atoms with Gasteiger partial charge >= 0.3 is 0 Å². The number of rotatable bonds is 7. The van der Waals surface area contributed by atoms with Crippen molar-refractivity contribution in [1.82, 2.24) is 20.0 Å². The zero-order valence-electron chi connectivity index (χ0n) is 16.6. The van der Waals surface area contributed by atoms with Crippen LogP contribution in [0.1, 0.15) is 55.1 Å². The van der Waals surface area contributed by atoms with Crippen LogP contribution in [0.2, 0.25) is 0 Å². The minimum Gasteiger partial charge on any atom is -0.350 e. The number of nitrogens with one attached hydrogen (secondary N) is 1. The predicted molar refractivity (Wildman–Crippen MR) is 108 cm³/mol. The summed E-state index contributed by atoms with van der Waals surface area (Å²) >= 11 is 0. The van der Waals surface area contributed by atoms with Crippen molar-refractivity contribution < 1.29 is 9.32 Å². The van der Waals surface area contributed by atoms with Gasteiger partial charge in [0.2, 0.25) is 5.91 Å². The highest BCUT2D eigenvalue weighted by Crippen LogP contribution is 2.38. The lowest BCUT2D eigenvalue weighted by molar-refractivity contribution is -0.124. The van der Waals surface area contributed by atoms with Crippen molar-refractivity contribution in [2.75, 3.05) is 0 Å². The van der Waals surface area contributed by atoms with Gasteiger partial charge in [0.1, 0.15) is 11.6 Å². The number of carbonyl (C=O) groups is 1. The van der Waals surface area contributed by atoms with Crippen molar-refractivity contribution in [2.24, 2.45) is 0 Å². The molecule has 1 saturated carbocycles. The number of hydrogen-bond acceptors (Lipinski definition) is 5. The number of aromatic nitrogens is 3. The lowest BCUT2D eigenvalue weighted by Gasteiger charge is -2.18. The molecule has 0 radical (unpaired) electrons. The Kier molecular flexibility index (Phi) is 5.29. The Hall–Kier alpha value is -3.22. The monoisotopic (exact) mass is 392 g/mol. The molecule has 1 N–H and O–H groups in total. The zero-order valence-corrected chi connectivity index (χ0v) is 16.6. The molecule has 4 rings (SSSR count). The lowest BCUT2D eigenvalue weighted by atomic mass is 10.1. The second kappa shape index (κ2) is 8.03. The Labute approximate surface area is 168 Å². The fourth-order valence-electron chi connectivity index (χ4n) is 3.29. The molecule has 0 spiro atoms. The maximum atomic E-state index is 13.0. The van der Waals surface area contributed by atoms with E-state index in [1.165, 1.54) is 10.1 Å². The van der Waals surface area contributed by atoms with E-state index in [9.17, 15) is 9.59 Å². The van der Waals surface area contributed by atoms with Crippen LogP contribution in [-0.2, 0) is 11.3 Å². The average Bonchev–Trinajstić information content (AvgIpc) is 3.46. The van der Waals surface area contributed by atoms with Gasteiger partial charge in [-0.15, -0.1) is 0 Å². The maximum absolute atomic E-state index is 13.0. The van der Waals surface area contributed by atoms with Crippen LogP contribution in [-0.4, -0.2) is 20.6 Å². The molecule has 1 aromatic carbocycles. The molecule has 29 heavy (non-hydrogen) atoms. The Bertz CT molecular complexity index is 1060. The van der Waals surface area contributed by atoms with Gasteiger partial charge in [-0.1, -0.05) is 41.9 Å². The molecule has 0 saturated heterocycles. The number of nitrogens with zero attached hydrogens (tertiary/aromatic N) is 3. The summed E-state index contributed by atoms with van der Waals surface area (Å²) in [5.74, 6) is 1.00. The molecule has 1 aliphatic carbocycles. The van der Waals surface area contributed by atoms with Gasteiger partial charge in [-0.2, -0.15) is 4.98 Å². The van der Waals surface area contributed by atoms with Crippen LogP contribution in [0.4, 0.5) is 0 Å². The molecule has 150 valence electrons. The van der Waals surface area contributed by atoms with Crippen LogP contribution in [0, 0.1) is 6.92 Å². The number of hydrogen-bond donors (Lipinski definition) is 1. The first-order valence-corrected chi connectivity index (χ1v) is 9.95. The summed E-state index contributed by atoms with van der Waals surface area (Å²) in [6.45, 7) is 4.32. The number of benzene rings is 1. The van der Waals surface area contributed by atoms with Gasteiger partial charge in [-0.25, -0.2) is 0 Å². The molecule has 0 bridgehead atoms. The first kappa shape index (κ1) is 19.1. The lowest BCUT2D eigenvalue weighted by Crippen LogP contribution is -2.37. The Balaban J connectivity index is 1.54. The first-order chi connectivity index (χ1) is 14.1. The van der Waals surface area contributed by atoms with Crippen molar-refractivity contribution in [3.8, 4) is 11.5 Å². The van der Waals surface area contributed by atoms with E-state index in [0.29, 0.717) is 30.3 Å². The van der Waals surface area contributed by atoms with E-state index in [2.05, 4.69) is 15.5 Å². The molecular weight excluding hydrogens is 368 g/mol. The Morgan fingerprint density at radius 3 is 2.72 bits per heavy atom. The summed E-state index contributed by atoms with van der Waals surface area (Å²) in [6.07, 6.45) is 4.22. The first-order valence-electron chi connectivity index (χ1n) is 9.95. The average molecular weight is 392 g/mol. The van der Waals surface area contributed by atoms with Gasteiger partial charge in [0.05, 0.1) is 0 Å². The van der Waals surface area contributed by atoms with Crippen LogP contribution in [0.25, 0.3) is 11.5 Å². The highest BCUT2D eigenvalue weighted by molar-refractivity contribution is 5.80. The molecule has 1 aliphatic rings. The van der Waals surface area contributed by atoms with Gasteiger partial charge in [-0.3, -0.25) is 9.59 Å². The smallest absolute Gasteiger partial charge is 0.264 e. The van der Waals surface area contributed by atoms with E-state index < -0.39 is 6.04 Å². The molecule has 2 aromatic heterocycles. The second-order valence-corrected chi connectivity index (χ2v) is 7.49. The second-order valence-electron chi connectivity index (χ2n) is 7.49. The topological polar surface area (TPSA) is 90.0 Å². The SMILES string of the molecule is CC[C@H](C(=O)NCc1ccc(C)cc1)n1cccc(-c2nc(C3CC3)no2)c1=O. The molecule has 0 aliphatic heterocycles. The summed E-state index contributed by atoms with van der Waals surface area (Å²) in [6, 6.07) is 10.7. The Morgan fingerprint density at radius 1 is 1.28 bits per heavy atom. The molecule has 1 amide bonds. The molecule has 1 fully saturated rings. The third-order valence-corrected chi connectivity index (χ3v) is 5.20. The molecule has 1 atom stereocenters. The van der Waals surface area contributed by atoms with Crippen LogP contribution in [0.5, 0.6) is 0 Å². The maximum Gasteiger partial charge on any atom is 0.264 e. The molecular formula is C22H24N4O3. The largest absolute Gasteiger partial charge is 0.350 e. The van der Waals surface area contributed by atoms with Crippen molar-refractivity contribution in [3.63, 3.8) is 0 Å². The van der Waals surface area contributed by atoms with Gasteiger partial charge in [0.15, 0.2) is 5.82 Å². The summed E-state index contributed by atoms with van der Waals surface area (Å²) in [4.78, 5) is 30.2. The fraction of sp³-hybridized carbons (Fsp3) is 0.364. The number of pyridine rings is 1. The highest BCUT2D eigenvalue weighted by atomic mass is 16.5. The zero-order chi connectivity index (χ0) is 20.4. The van der Waals surface area contributed by atoms with Gasteiger partial charge < -0.3 is 14.4 Å². The summed E-state index contributed by atoms with van der Waals surface area (Å²) in [7, 11) is 0. The Morgan fingerprint density at radius 2 is 2.03 bits per heavy atom. The molecule has 2 heterocycles. The van der Waals surface area contributed by atoms with E-state index >= 15 is 0 Å². The highest BCUT2D eigenvalue weighted by Gasteiger charge is 2.30.